The van der Waals surface area contributed by atoms with E-state index in [9.17, 15) is 32.7 Å². The number of nitrogens with zero attached hydrogens (tertiary/aromatic N) is 2. The highest BCUT2D eigenvalue weighted by Gasteiger charge is 2.64. The summed E-state index contributed by atoms with van der Waals surface area (Å²) in [7, 11) is 1.97. The molecule has 0 spiro atoms. The predicted molar refractivity (Wildman–Crippen MR) is 214 cm³/mol. The monoisotopic (exact) mass is 846 g/mol. The number of rotatable bonds is 7. The van der Waals surface area contributed by atoms with Crippen molar-refractivity contribution < 1.29 is 56.4 Å². The van der Waals surface area contributed by atoms with E-state index in [0.717, 1.165) is 28.4 Å². The Hall–Kier alpha value is -4.68. The Kier molecular flexibility index (Phi) is 12.9. The number of nitrogens with one attached hydrogen (secondary N) is 1. The fourth-order valence-corrected chi connectivity index (χ4v) is 8.52. The summed E-state index contributed by atoms with van der Waals surface area (Å²) in [6.45, 7) is 6.73. The Morgan fingerprint density at radius 2 is 1.88 bits per heavy atom. The van der Waals surface area contributed by atoms with Gasteiger partial charge in [0.15, 0.2) is 15.6 Å². The highest BCUT2D eigenvalue weighted by atomic mass is 35.5. The van der Waals surface area contributed by atoms with Crippen LogP contribution in [0.4, 0.5) is 16.2 Å². The number of nitrogens with two attached hydrogens (primary N) is 1. The number of carbonyl (C=O) groups is 4. The average molecular weight is 847 g/mol. The summed E-state index contributed by atoms with van der Waals surface area (Å²) >= 11 is 6.76. The normalized spacial score (nSPS) is 29.7. The lowest BCUT2D eigenvalue weighted by atomic mass is 9.83. The number of carbonyl (C=O) groups excluding carboxylic acids is 4. The van der Waals surface area contributed by atoms with Crippen LogP contribution in [0.25, 0.3) is 0 Å². The van der Waals surface area contributed by atoms with Gasteiger partial charge >= 0.3 is 12.1 Å². The quantitative estimate of drug-likeness (QED) is 0.206. The first-order valence-corrected chi connectivity index (χ1v) is 20.8. The second kappa shape index (κ2) is 16.9. The van der Waals surface area contributed by atoms with Crippen molar-refractivity contribution in [2.75, 3.05) is 45.2 Å². The van der Waals surface area contributed by atoms with E-state index in [4.69, 9.17) is 41.0 Å². The van der Waals surface area contributed by atoms with E-state index >= 15 is 0 Å². The van der Waals surface area contributed by atoms with Crippen molar-refractivity contribution in [2.45, 2.75) is 93.6 Å². The molecule has 2 aromatic rings. The minimum absolute atomic E-state index is 0.0326. The molecular weight excluding hydrogens is 796 g/mol. The molecule has 16 nitrogen and oxygen atoms in total. The maximum absolute atomic E-state index is 14.2. The fourth-order valence-electron chi connectivity index (χ4n) is 7.37. The molecule has 0 saturated carbocycles. The molecule has 58 heavy (non-hydrogen) atoms. The van der Waals surface area contributed by atoms with Crippen LogP contribution in [0, 0.1) is 5.92 Å². The number of aliphatic hydroxyl groups is 1. The van der Waals surface area contributed by atoms with Gasteiger partial charge in [0, 0.05) is 45.4 Å². The fraction of sp³-hybridized carbons (Fsp3) is 0.500. The Morgan fingerprint density at radius 3 is 2.52 bits per heavy atom. The minimum Gasteiger partial charge on any atom is -0.495 e. The first-order chi connectivity index (χ1) is 27.0. The van der Waals surface area contributed by atoms with Crippen LogP contribution >= 0.6 is 11.6 Å². The molecular formula is C40H51ClN4O12S. The third-order valence-electron chi connectivity index (χ3n) is 11.1. The Morgan fingerprint density at radius 1 is 1.19 bits per heavy atom. The molecule has 4 N–H and O–H groups in total. The molecule has 316 valence electrons. The molecule has 3 heterocycles. The highest BCUT2D eigenvalue weighted by Crippen LogP contribution is 2.49. The van der Waals surface area contributed by atoms with Gasteiger partial charge in [-0.1, -0.05) is 42.3 Å². The number of amides is 3. The molecule has 0 aromatic heterocycles. The molecule has 2 aromatic carbocycles. The molecule has 4 bridgehead atoms. The number of benzene rings is 2. The van der Waals surface area contributed by atoms with Gasteiger partial charge < -0.3 is 44.3 Å². The molecule has 0 aliphatic carbocycles. The van der Waals surface area contributed by atoms with Gasteiger partial charge in [-0.2, -0.15) is 0 Å². The van der Waals surface area contributed by atoms with E-state index in [2.05, 4.69) is 5.32 Å². The van der Waals surface area contributed by atoms with Crippen molar-refractivity contribution in [3.8, 4) is 5.75 Å². The van der Waals surface area contributed by atoms with Crippen molar-refractivity contribution in [3.05, 3.63) is 70.3 Å². The van der Waals surface area contributed by atoms with E-state index in [0.29, 0.717) is 17.9 Å². The van der Waals surface area contributed by atoms with Crippen LogP contribution in [-0.2, 0) is 44.8 Å². The summed E-state index contributed by atoms with van der Waals surface area (Å²) in [5.74, 6) is -2.36. The number of sulfone groups is 1. The van der Waals surface area contributed by atoms with Crippen molar-refractivity contribution >= 4 is 56.7 Å². The predicted octanol–water partition coefficient (Wildman–Crippen LogP) is 3.81. The topological polar surface area (TPSA) is 217 Å². The summed E-state index contributed by atoms with van der Waals surface area (Å²) < 4.78 is 53.8. The van der Waals surface area contributed by atoms with Crippen molar-refractivity contribution in [1.82, 2.24) is 10.2 Å². The zero-order chi connectivity index (χ0) is 43.1. The number of nitrogen functional groups attached to an aromatic ring is 1. The standard InChI is InChI=1S/C40H51ClN4O12S/c1-21-11-10-12-31(54-8)40(50)20-29(55-38(49)43-40)22(2)35-39(4,57-35)32(19-33(46)45(6)27-16-24(15-21)17-28(53-7)34(27)41)56-37(48)23(3)44(5)36(47)25-13-14-26(42)30(18-25)58(9,51)52/h10-14,16-18,22-23,29,31-32,35,50H,15,19-20,42H2,1-9H3,(H,43,49)/b12-10+,21-11+/t22-,23+,29+,31-,32+,35+,39+,40+/m1/s1. The second-order valence-corrected chi connectivity index (χ2v) is 17.7. The third kappa shape index (κ3) is 9.13. The number of hydrogen-bond donors (Lipinski definition) is 3. The first kappa shape index (κ1) is 44.4. The second-order valence-electron chi connectivity index (χ2n) is 15.3. The summed E-state index contributed by atoms with van der Waals surface area (Å²) in [6.07, 6.45) is 1.27. The number of ether oxygens (including phenoxy) is 5. The molecule has 2 saturated heterocycles. The first-order valence-electron chi connectivity index (χ1n) is 18.5. The Balaban J connectivity index is 1.52. The van der Waals surface area contributed by atoms with Crippen LogP contribution in [0.2, 0.25) is 5.02 Å². The number of epoxide rings is 1. The van der Waals surface area contributed by atoms with Gasteiger partial charge in [0.1, 0.15) is 40.7 Å². The molecule has 0 unspecified atom stereocenters. The summed E-state index contributed by atoms with van der Waals surface area (Å²) in [5.41, 5.74) is 4.58. The van der Waals surface area contributed by atoms with E-state index in [1.807, 2.05) is 13.0 Å². The van der Waals surface area contributed by atoms with E-state index in [1.165, 1.54) is 52.3 Å². The van der Waals surface area contributed by atoms with Gasteiger partial charge in [0.05, 0.1) is 35.9 Å². The zero-order valence-corrected chi connectivity index (χ0v) is 35.5. The number of fused-ring (bicyclic) bond motifs is 5. The molecule has 3 aliphatic rings. The molecule has 3 aliphatic heterocycles. The third-order valence-corrected chi connectivity index (χ3v) is 12.6. The number of anilines is 2. The lowest BCUT2D eigenvalue weighted by Gasteiger charge is -2.42. The number of methoxy groups -OCH3 is 2. The van der Waals surface area contributed by atoms with Crippen LogP contribution in [-0.4, -0.2) is 119 Å². The molecule has 8 atom stereocenters. The number of alkyl carbamates (subject to hydrolysis) is 1. The number of likely N-dealkylation sites (N-methyl/N-ethyl adjacent to an activating group) is 1. The number of halogens is 1. The SMILES string of the molecule is COc1cc2cc(c1Cl)N(C)C(=O)C[C@H](OC(=O)[C@H](C)N(C)C(=O)c1ccc(N)c(S(C)(=O)=O)c1)[C@]1(C)O[C@H]1[C@H](C)[C@@H]1C[C@@](O)(NC(=O)O1)[C@H](OC)/C=C/C=C(\C)C2. The number of esters is 1. The van der Waals surface area contributed by atoms with Crippen molar-refractivity contribution in [2.24, 2.45) is 5.92 Å². The molecule has 18 heteroatoms. The van der Waals surface area contributed by atoms with Crippen LogP contribution in [0.3, 0.4) is 0 Å². The molecule has 0 radical (unpaired) electrons. The summed E-state index contributed by atoms with van der Waals surface area (Å²) in [5, 5.41) is 14.4. The Bertz CT molecular complexity index is 2150. The van der Waals surface area contributed by atoms with E-state index < -0.39 is 87.8 Å². The van der Waals surface area contributed by atoms with Crippen LogP contribution < -0.4 is 20.7 Å². The lowest BCUT2D eigenvalue weighted by Crippen LogP contribution is -2.63. The molecule has 5 rings (SSSR count). The summed E-state index contributed by atoms with van der Waals surface area (Å²) in [4.78, 5) is 56.8. The van der Waals surface area contributed by atoms with Gasteiger partial charge in [-0.15, -0.1) is 0 Å². The van der Waals surface area contributed by atoms with E-state index in [1.54, 1.807) is 38.1 Å². The van der Waals surface area contributed by atoms with Crippen LogP contribution in [0.5, 0.6) is 5.75 Å². The molecule has 2 fully saturated rings. The van der Waals surface area contributed by atoms with Gasteiger partial charge in [0.2, 0.25) is 5.91 Å². The highest BCUT2D eigenvalue weighted by molar-refractivity contribution is 7.90. The Labute approximate surface area is 343 Å². The smallest absolute Gasteiger partial charge is 0.409 e. The van der Waals surface area contributed by atoms with E-state index in [-0.39, 0.29) is 27.6 Å². The van der Waals surface area contributed by atoms with Crippen LogP contribution in [0.15, 0.2) is 59.0 Å². The molecule has 3 amide bonds. The number of allylic oxidation sites excluding steroid dienone is 3. The van der Waals surface area contributed by atoms with Crippen molar-refractivity contribution in [1.29, 1.82) is 0 Å². The van der Waals surface area contributed by atoms with Gasteiger partial charge in [-0.3, -0.25) is 14.9 Å². The summed E-state index contributed by atoms with van der Waals surface area (Å²) in [6, 6.07) is 6.06. The zero-order valence-electron chi connectivity index (χ0n) is 33.9. The van der Waals surface area contributed by atoms with Crippen LogP contribution in [0.1, 0.15) is 56.5 Å². The van der Waals surface area contributed by atoms with Gasteiger partial charge in [0.25, 0.3) is 5.91 Å². The largest absolute Gasteiger partial charge is 0.495 e. The van der Waals surface area contributed by atoms with Crippen molar-refractivity contribution in [3.63, 3.8) is 0 Å². The average Bonchev–Trinajstić information content (AvgIpc) is 3.86. The maximum Gasteiger partial charge on any atom is 0.409 e. The number of hydrogen-bond acceptors (Lipinski definition) is 13. The lowest BCUT2D eigenvalue weighted by molar-refractivity contribution is -0.158. The van der Waals surface area contributed by atoms with Gasteiger partial charge in [-0.25, -0.2) is 18.0 Å². The minimum atomic E-state index is -3.77. The van der Waals surface area contributed by atoms with Gasteiger partial charge in [-0.05, 0) is 63.1 Å². The maximum atomic E-state index is 14.2.